The lowest BCUT2D eigenvalue weighted by Crippen LogP contribution is -2.17. The maximum absolute atomic E-state index is 12.1. The lowest BCUT2D eigenvalue weighted by Gasteiger charge is -2.10. The summed E-state index contributed by atoms with van der Waals surface area (Å²) in [6.45, 7) is 0. The molecule has 1 saturated carbocycles. The highest BCUT2D eigenvalue weighted by Gasteiger charge is 2.29. The molecule has 1 aliphatic carbocycles. The summed E-state index contributed by atoms with van der Waals surface area (Å²) in [6, 6.07) is 6.75. The molecule has 0 amide bonds. The van der Waals surface area contributed by atoms with Crippen LogP contribution in [0.25, 0.3) is 0 Å². The maximum Gasteiger partial charge on any atom is 0.181 e. The first-order chi connectivity index (χ1) is 7.10. The fraction of sp³-hybridized carbons (Fsp3) is 0.455. The molecule has 2 nitrogen and oxygen atoms in total. The standard InChI is InChI=1S/C11H14O2S2/c12-15(13,10-3-1-2-4-10)11-7-5-9(14)6-8-11/h5-8,10,14H,1-4H2. The van der Waals surface area contributed by atoms with E-state index in [0.29, 0.717) is 4.90 Å². The lowest BCUT2D eigenvalue weighted by atomic mass is 10.4. The van der Waals surface area contributed by atoms with Crippen molar-refractivity contribution in [1.29, 1.82) is 0 Å². The minimum absolute atomic E-state index is 0.164. The Kier molecular flexibility index (Phi) is 3.07. The highest BCUT2D eigenvalue weighted by molar-refractivity contribution is 7.92. The summed E-state index contributed by atoms with van der Waals surface area (Å²) in [5.74, 6) is 0. The molecule has 0 atom stereocenters. The molecule has 82 valence electrons. The molecule has 15 heavy (non-hydrogen) atoms. The Hall–Kier alpha value is -0.480. The van der Waals surface area contributed by atoms with E-state index >= 15 is 0 Å². The van der Waals surface area contributed by atoms with E-state index in [1.54, 1.807) is 24.3 Å². The SMILES string of the molecule is O=S(=O)(c1ccc(S)cc1)C1CCCC1. The molecule has 0 bridgehead atoms. The van der Waals surface area contributed by atoms with Crippen LogP contribution in [-0.2, 0) is 9.84 Å². The predicted octanol–water partition coefficient (Wildman–Crippen LogP) is 2.69. The maximum atomic E-state index is 12.1. The zero-order valence-electron chi connectivity index (χ0n) is 8.39. The van der Waals surface area contributed by atoms with Crippen LogP contribution in [0.3, 0.4) is 0 Å². The van der Waals surface area contributed by atoms with Crippen LogP contribution < -0.4 is 0 Å². The average Bonchev–Trinajstić information content (AvgIpc) is 2.71. The number of hydrogen-bond donors (Lipinski definition) is 1. The molecule has 0 saturated heterocycles. The summed E-state index contributed by atoms with van der Waals surface area (Å²) in [5, 5.41) is -0.164. The number of rotatable bonds is 2. The van der Waals surface area contributed by atoms with Gasteiger partial charge >= 0.3 is 0 Å². The molecule has 0 radical (unpaired) electrons. The summed E-state index contributed by atoms with van der Waals surface area (Å²) >= 11 is 4.14. The smallest absolute Gasteiger partial charge is 0.181 e. The number of thiol groups is 1. The van der Waals surface area contributed by atoms with Crippen LogP contribution >= 0.6 is 12.6 Å². The van der Waals surface area contributed by atoms with E-state index in [1.807, 2.05) is 0 Å². The Morgan fingerprint density at radius 2 is 1.60 bits per heavy atom. The first-order valence-corrected chi connectivity index (χ1v) is 7.13. The van der Waals surface area contributed by atoms with Crippen LogP contribution in [0.2, 0.25) is 0 Å². The van der Waals surface area contributed by atoms with E-state index in [9.17, 15) is 8.42 Å². The second-order valence-electron chi connectivity index (χ2n) is 3.95. The summed E-state index contributed by atoms with van der Waals surface area (Å²) < 4.78 is 24.2. The molecular formula is C11H14O2S2. The van der Waals surface area contributed by atoms with E-state index < -0.39 is 9.84 Å². The van der Waals surface area contributed by atoms with Gasteiger partial charge in [0.2, 0.25) is 0 Å². The van der Waals surface area contributed by atoms with Gasteiger partial charge < -0.3 is 0 Å². The van der Waals surface area contributed by atoms with Gasteiger partial charge in [-0.25, -0.2) is 8.42 Å². The van der Waals surface area contributed by atoms with Gasteiger partial charge in [-0.05, 0) is 37.1 Å². The molecule has 2 rings (SSSR count). The molecule has 0 aromatic heterocycles. The Bertz CT molecular complexity index is 428. The molecule has 0 heterocycles. The summed E-state index contributed by atoms with van der Waals surface area (Å²) in [6.07, 6.45) is 3.69. The minimum Gasteiger partial charge on any atom is -0.223 e. The molecule has 4 heteroatoms. The summed E-state index contributed by atoms with van der Waals surface area (Å²) in [5.41, 5.74) is 0. The van der Waals surface area contributed by atoms with Crippen molar-refractivity contribution in [3.05, 3.63) is 24.3 Å². The Morgan fingerprint density at radius 1 is 1.07 bits per heavy atom. The van der Waals surface area contributed by atoms with Crippen molar-refractivity contribution in [3.8, 4) is 0 Å². The first-order valence-electron chi connectivity index (χ1n) is 5.13. The van der Waals surface area contributed by atoms with Gasteiger partial charge in [0, 0.05) is 4.90 Å². The Labute approximate surface area is 96.0 Å². The van der Waals surface area contributed by atoms with E-state index in [1.165, 1.54) is 0 Å². The van der Waals surface area contributed by atoms with E-state index in [-0.39, 0.29) is 5.25 Å². The Balaban J connectivity index is 2.32. The molecule has 1 aromatic carbocycles. The monoisotopic (exact) mass is 242 g/mol. The third kappa shape index (κ3) is 2.21. The third-order valence-electron chi connectivity index (χ3n) is 2.91. The van der Waals surface area contributed by atoms with Gasteiger partial charge in [-0.15, -0.1) is 12.6 Å². The third-order valence-corrected chi connectivity index (χ3v) is 5.48. The molecule has 0 N–H and O–H groups in total. The van der Waals surface area contributed by atoms with E-state index in [4.69, 9.17) is 0 Å². The van der Waals surface area contributed by atoms with Gasteiger partial charge in [-0.3, -0.25) is 0 Å². The van der Waals surface area contributed by atoms with Crippen LogP contribution in [0, 0.1) is 0 Å². The minimum atomic E-state index is -3.09. The second kappa shape index (κ2) is 4.18. The van der Waals surface area contributed by atoms with E-state index in [0.717, 1.165) is 30.6 Å². The van der Waals surface area contributed by atoms with Gasteiger partial charge in [0.1, 0.15) is 0 Å². The van der Waals surface area contributed by atoms with Crippen molar-refractivity contribution in [1.82, 2.24) is 0 Å². The van der Waals surface area contributed by atoms with Gasteiger partial charge in [-0.2, -0.15) is 0 Å². The van der Waals surface area contributed by atoms with Crippen LogP contribution in [0.1, 0.15) is 25.7 Å². The fourth-order valence-electron chi connectivity index (χ4n) is 2.03. The quantitative estimate of drug-likeness (QED) is 0.809. The highest BCUT2D eigenvalue weighted by Crippen LogP contribution is 2.29. The normalized spacial score (nSPS) is 18.2. The van der Waals surface area contributed by atoms with Crippen molar-refractivity contribution >= 4 is 22.5 Å². The number of hydrogen-bond acceptors (Lipinski definition) is 3. The van der Waals surface area contributed by atoms with Crippen molar-refractivity contribution < 1.29 is 8.42 Å². The van der Waals surface area contributed by atoms with Gasteiger partial charge in [0.25, 0.3) is 0 Å². The van der Waals surface area contributed by atoms with Crippen LogP contribution in [0.5, 0.6) is 0 Å². The summed E-state index contributed by atoms with van der Waals surface area (Å²) in [7, 11) is -3.09. The zero-order chi connectivity index (χ0) is 10.9. The Morgan fingerprint density at radius 3 is 2.13 bits per heavy atom. The van der Waals surface area contributed by atoms with Gasteiger partial charge in [0.05, 0.1) is 10.1 Å². The lowest BCUT2D eigenvalue weighted by molar-refractivity contribution is 0.579. The summed E-state index contributed by atoms with van der Waals surface area (Å²) in [4.78, 5) is 1.23. The topological polar surface area (TPSA) is 34.1 Å². The van der Waals surface area contributed by atoms with E-state index in [2.05, 4.69) is 12.6 Å². The van der Waals surface area contributed by atoms with Crippen LogP contribution in [0.15, 0.2) is 34.1 Å². The zero-order valence-corrected chi connectivity index (χ0v) is 10.1. The molecular weight excluding hydrogens is 228 g/mol. The highest BCUT2D eigenvalue weighted by atomic mass is 32.2. The van der Waals surface area contributed by atoms with Crippen molar-refractivity contribution in [2.45, 2.75) is 40.7 Å². The molecule has 0 spiro atoms. The second-order valence-corrected chi connectivity index (χ2v) is 6.69. The largest absolute Gasteiger partial charge is 0.223 e. The first kappa shape index (κ1) is 11.0. The molecule has 0 unspecified atom stereocenters. The van der Waals surface area contributed by atoms with Crippen molar-refractivity contribution in [2.75, 3.05) is 0 Å². The van der Waals surface area contributed by atoms with Crippen LogP contribution in [0.4, 0.5) is 0 Å². The molecule has 1 aromatic rings. The van der Waals surface area contributed by atoms with Crippen molar-refractivity contribution in [2.24, 2.45) is 0 Å². The number of benzene rings is 1. The molecule has 1 aliphatic rings. The molecule has 0 aliphatic heterocycles. The van der Waals surface area contributed by atoms with Crippen LogP contribution in [-0.4, -0.2) is 13.7 Å². The molecule has 1 fully saturated rings. The number of sulfone groups is 1. The van der Waals surface area contributed by atoms with Gasteiger partial charge in [0.15, 0.2) is 9.84 Å². The van der Waals surface area contributed by atoms with Crippen molar-refractivity contribution in [3.63, 3.8) is 0 Å². The van der Waals surface area contributed by atoms with Gasteiger partial charge in [-0.1, -0.05) is 12.8 Å². The predicted molar refractivity (Wildman–Crippen MR) is 63.1 cm³/mol. The fourth-order valence-corrected chi connectivity index (χ4v) is 4.03. The average molecular weight is 242 g/mol.